The van der Waals surface area contributed by atoms with Gasteiger partial charge in [0, 0.05) is 147 Å². The summed E-state index contributed by atoms with van der Waals surface area (Å²) < 4.78 is 0. The molecule has 0 radical (unpaired) electrons. The Morgan fingerprint density at radius 2 is 0.482 bits per heavy atom. The fourth-order valence-corrected chi connectivity index (χ4v) is 28.5. The molecule has 0 atom stereocenters. The van der Waals surface area contributed by atoms with Crippen LogP contribution in [0.15, 0.2) is 437 Å². The van der Waals surface area contributed by atoms with Crippen LogP contribution in [-0.4, -0.2) is 43.3 Å². The van der Waals surface area contributed by atoms with E-state index in [4.69, 9.17) is 0 Å². The van der Waals surface area contributed by atoms with Gasteiger partial charge in [-0.1, -0.05) is 399 Å². The van der Waals surface area contributed by atoms with E-state index in [0.717, 1.165) is 0 Å². The molecule has 0 saturated heterocycles. The predicted molar refractivity (Wildman–Crippen MR) is 599 cm³/mol. The highest BCUT2D eigenvalue weighted by atomic mass is 28.3. The highest BCUT2D eigenvalue weighted by Gasteiger charge is 2.43. The molecule has 22 aromatic carbocycles. The van der Waals surface area contributed by atoms with Gasteiger partial charge in [0.1, 0.15) is 8.07 Å². The lowest BCUT2D eigenvalue weighted by molar-refractivity contribution is 0.660. The van der Waals surface area contributed by atoms with Crippen molar-refractivity contribution in [1.29, 1.82) is 0 Å². The average Bonchev–Trinajstić information content (AvgIpc) is 1.64. The van der Waals surface area contributed by atoms with Crippen molar-refractivity contribution in [2.75, 3.05) is 59.7 Å². The molecule has 0 N–H and O–H groups in total. The topological polar surface area (TPSA) is 16.2 Å². The zero-order valence-corrected chi connectivity index (χ0v) is 81.3. The predicted octanol–water partition coefficient (Wildman–Crippen LogP) is 34.5. The number of nitrogens with zero attached hydrogens (tertiary/aromatic N) is 5. The zero-order valence-electron chi connectivity index (χ0n) is 80.3. The van der Waals surface area contributed by atoms with Gasteiger partial charge in [0.25, 0.3) is 0 Å². The molecule has 5 heterocycles. The smallest absolute Gasteiger partial charge is 0.119 e. The van der Waals surface area contributed by atoms with E-state index in [1.165, 1.54) is 255 Å². The Morgan fingerprint density at radius 1 is 0.165 bits per heavy atom. The zero-order chi connectivity index (χ0) is 94.0. The number of para-hydroxylation sites is 4. The minimum atomic E-state index is -1.84. The van der Waals surface area contributed by atoms with Gasteiger partial charge in [-0.2, -0.15) is 0 Å². The number of hydrogen-bond donors (Lipinski definition) is 0. The van der Waals surface area contributed by atoms with E-state index in [-0.39, 0.29) is 10.8 Å². The van der Waals surface area contributed by atoms with Gasteiger partial charge in [-0.15, -0.1) is 0 Å². The first kappa shape index (κ1) is 84.4. The summed E-state index contributed by atoms with van der Waals surface area (Å²) in [7, 11) is 9.14. The van der Waals surface area contributed by atoms with Gasteiger partial charge in [-0.05, 0) is 237 Å². The molecule has 2 aliphatic carbocycles. The fraction of sp³-hybridized carbons (Fsp3) is 0.0977. The van der Waals surface area contributed by atoms with E-state index in [1.807, 2.05) is 0 Å². The van der Waals surface area contributed by atoms with E-state index in [9.17, 15) is 0 Å². The van der Waals surface area contributed by atoms with Crippen molar-refractivity contribution in [1.82, 2.24) is 0 Å². The first-order chi connectivity index (χ1) is 67.9. The maximum Gasteiger partial charge on any atom is 0.119 e. The first-order valence-electron chi connectivity index (χ1n) is 48.8. The van der Waals surface area contributed by atoms with E-state index < -0.39 is 8.07 Å². The van der Waals surface area contributed by atoms with Crippen molar-refractivity contribution in [2.24, 2.45) is 0 Å². The summed E-state index contributed by atoms with van der Waals surface area (Å²) in [5.74, 6) is 0. The summed E-state index contributed by atoms with van der Waals surface area (Å²) in [6.07, 6.45) is 0. The molecule has 0 saturated carbocycles. The second kappa shape index (κ2) is 32.7. The molecule has 22 aromatic rings. The minimum absolute atomic E-state index is 0.00757. The highest BCUT2D eigenvalue weighted by Crippen LogP contribution is 2.61. The molecule has 0 bridgehead atoms. The molecule has 666 valence electrons. The maximum atomic E-state index is 2.51. The summed E-state index contributed by atoms with van der Waals surface area (Å²) in [6, 6.07) is 160. The van der Waals surface area contributed by atoms with Crippen LogP contribution in [0.3, 0.4) is 0 Å². The third kappa shape index (κ3) is 13.2. The molecule has 0 spiro atoms. The molecule has 7 aliphatic rings. The van der Waals surface area contributed by atoms with Gasteiger partial charge in [0.15, 0.2) is 0 Å². The van der Waals surface area contributed by atoms with Crippen molar-refractivity contribution < 1.29 is 0 Å². The Bertz CT molecular complexity index is 8760. The lowest BCUT2D eigenvalue weighted by Gasteiger charge is -2.40. The Morgan fingerprint density at radius 3 is 0.978 bits per heavy atom. The molecular weight excluding hydrogens is 1700 g/mol. The van der Waals surface area contributed by atoms with Crippen molar-refractivity contribution in [3.63, 3.8) is 0 Å². The van der Waals surface area contributed by atoms with Crippen LogP contribution in [0.2, 0.25) is 13.1 Å². The van der Waals surface area contributed by atoms with Gasteiger partial charge >= 0.3 is 0 Å². The summed E-state index contributed by atoms with van der Waals surface area (Å²) in [4.78, 5) is 11.8. The fourth-order valence-electron chi connectivity index (χ4n) is 24.7. The standard InChI is InChI=1S/2C28H23N.2C27H19N.C23H21NSi/c1-28(2)22-14-8-6-13-21(22)26-23(28)16-17-25-27(26)20-12-5-4-10-18(20)19-11-7-9-15-24(19)29(25)3;1-28(2)24-14-8-6-12-20(24)22-17-27-23(16-25(22)28)19-11-5-4-10-18(19)21-13-7-9-15-26(21)29(27)3;1-28-25-17-9-8-13-21(25)20-12-3-6-15-23(20)26-22-14-5-2-10-18(22)19-11-4-7-16-24(19)27(26)28;1-28-26-13-7-6-12-24(26)22-10-4-5-11-23(22)25-16-20-14-18-8-2-3-9-19(18)15-21(20)17-27(25)28;1-24-20-14-12-16-8-4-6-10-18(16)22(20)25(2,3)23-19-11-7-5-9-17(19)13-15-21(23)24/h2*4-17H,1-3H3;2*2-17H,1H3;4-15H,1-3H3. The van der Waals surface area contributed by atoms with E-state index >= 15 is 0 Å². The molecule has 29 rings (SSSR count). The molecule has 0 amide bonds. The molecule has 0 fully saturated rings. The SMILES string of the molecule is CN1c2ccc3ccccc3c2[Si](C)(C)c2c1ccc1ccccc21.CN1c2ccccc2-c2ccccc2-c2c1c1ccccc1c1ccccc21.CN1c2ccccc2-c2ccccc2-c2c1ccc1c2-c2ccccc2C1(C)C.CN1c2ccccc2-c2ccccc2-c2cc3c(cc21)-c1ccccc1C3(C)C.CN1c2ccccc2-c2ccccc2-c2cc3cc4ccccc4cc3cc21. The van der Waals surface area contributed by atoms with Crippen LogP contribution < -0.4 is 34.9 Å². The monoisotopic (exact) mass is 1800 g/mol. The second-order valence-corrected chi connectivity index (χ2v) is 44.2. The van der Waals surface area contributed by atoms with E-state index in [1.54, 1.807) is 10.4 Å². The second-order valence-electron chi connectivity index (χ2n) is 39.9. The minimum Gasteiger partial charge on any atom is -0.345 e. The Kier molecular flexibility index (Phi) is 19.8. The lowest BCUT2D eigenvalue weighted by Crippen LogP contribution is -2.59. The van der Waals surface area contributed by atoms with Gasteiger partial charge in [0.05, 0.1) is 5.69 Å². The molecule has 0 aromatic heterocycles. The van der Waals surface area contributed by atoms with Crippen molar-refractivity contribution in [2.45, 2.75) is 51.6 Å². The molecule has 139 heavy (non-hydrogen) atoms. The molecular formula is C133H105N5Si. The van der Waals surface area contributed by atoms with Crippen LogP contribution in [0.5, 0.6) is 0 Å². The number of anilines is 10. The maximum absolute atomic E-state index is 2.51. The van der Waals surface area contributed by atoms with Crippen LogP contribution in [-0.2, 0) is 10.8 Å². The Balaban J connectivity index is 0.0000000920. The third-order valence-electron chi connectivity index (χ3n) is 31.4. The van der Waals surface area contributed by atoms with Crippen molar-refractivity contribution >= 4 is 140 Å². The quantitative estimate of drug-likeness (QED) is 0.0852. The number of rotatable bonds is 0. The number of fused-ring (bicyclic) bond motifs is 40. The van der Waals surface area contributed by atoms with Crippen molar-refractivity contribution in [3.8, 4) is 111 Å². The van der Waals surface area contributed by atoms with Crippen molar-refractivity contribution in [3.05, 3.63) is 459 Å². The van der Waals surface area contributed by atoms with Crippen LogP contribution in [0.25, 0.3) is 176 Å². The number of benzene rings is 22. The van der Waals surface area contributed by atoms with Crippen LogP contribution in [0, 0.1) is 0 Å². The molecule has 5 nitrogen and oxygen atoms in total. The van der Waals surface area contributed by atoms with Gasteiger partial charge in [-0.25, -0.2) is 0 Å². The lowest BCUT2D eigenvalue weighted by atomic mass is 9.81. The molecule has 5 aliphatic heterocycles. The average molecular weight is 1800 g/mol. The van der Waals surface area contributed by atoms with Crippen LogP contribution >= 0.6 is 0 Å². The Labute approximate surface area is 815 Å². The van der Waals surface area contributed by atoms with Gasteiger partial charge in [0.2, 0.25) is 0 Å². The molecule has 0 unspecified atom stereocenters. The summed E-state index contributed by atoms with van der Waals surface area (Å²) in [5.41, 5.74) is 44.9. The first-order valence-corrected chi connectivity index (χ1v) is 51.8. The summed E-state index contributed by atoms with van der Waals surface area (Å²) in [5, 5.41) is 19.0. The van der Waals surface area contributed by atoms with E-state index in [0.29, 0.717) is 0 Å². The normalized spacial score (nSPS) is 14.0. The van der Waals surface area contributed by atoms with Crippen LogP contribution in [0.1, 0.15) is 49.9 Å². The van der Waals surface area contributed by atoms with E-state index in [2.05, 4.69) is 537 Å². The molecule has 6 heteroatoms. The highest BCUT2D eigenvalue weighted by molar-refractivity contribution is 7.05. The summed E-state index contributed by atoms with van der Waals surface area (Å²) in [6.45, 7) is 14.4. The van der Waals surface area contributed by atoms with Gasteiger partial charge < -0.3 is 24.5 Å². The van der Waals surface area contributed by atoms with Gasteiger partial charge in [-0.3, -0.25) is 0 Å². The number of hydrogen-bond acceptors (Lipinski definition) is 5. The third-order valence-corrected chi connectivity index (χ3v) is 35.0. The largest absolute Gasteiger partial charge is 0.345 e. The van der Waals surface area contributed by atoms with Crippen LogP contribution in [0.4, 0.5) is 56.9 Å². The summed E-state index contributed by atoms with van der Waals surface area (Å²) >= 11 is 0. The Hall–Kier alpha value is -16.4.